The molecule has 0 radical (unpaired) electrons. The van der Waals surface area contributed by atoms with Crippen LogP contribution in [0.4, 0.5) is 0 Å². The lowest BCUT2D eigenvalue weighted by molar-refractivity contribution is 0.247. The second-order valence-electron chi connectivity index (χ2n) is 8.83. The van der Waals surface area contributed by atoms with Gasteiger partial charge in [0.1, 0.15) is 0 Å². The third-order valence-corrected chi connectivity index (χ3v) is 6.63. The maximum Gasteiger partial charge on any atom is 0.332 e. The van der Waals surface area contributed by atoms with Gasteiger partial charge >= 0.3 is 5.69 Å². The van der Waals surface area contributed by atoms with Crippen molar-refractivity contribution < 1.29 is 9.47 Å². The highest BCUT2D eigenvalue weighted by Gasteiger charge is 2.17. The minimum atomic E-state index is -0.357. The Bertz CT molecular complexity index is 1260. The molecular weight excluding hydrogens is 436 g/mol. The van der Waals surface area contributed by atoms with Gasteiger partial charge in [-0.1, -0.05) is 6.07 Å². The van der Waals surface area contributed by atoms with Gasteiger partial charge in [0.05, 0.1) is 20.5 Å². The molecule has 1 aliphatic rings. The number of hydrogen-bond acceptors (Lipinski definition) is 7. The van der Waals surface area contributed by atoms with E-state index in [9.17, 15) is 9.59 Å². The lowest BCUT2D eigenvalue weighted by Crippen LogP contribution is -2.37. The molecule has 0 spiro atoms. The summed E-state index contributed by atoms with van der Waals surface area (Å²) in [5.74, 6) is 1.51. The quantitative estimate of drug-likeness (QED) is 0.486. The molecule has 1 fully saturated rings. The lowest BCUT2D eigenvalue weighted by Gasteiger charge is -2.22. The minimum Gasteiger partial charge on any atom is -0.493 e. The van der Waals surface area contributed by atoms with E-state index in [2.05, 4.69) is 26.9 Å². The van der Waals surface area contributed by atoms with Gasteiger partial charge in [0.25, 0.3) is 5.56 Å². The molecule has 0 atom stereocenters. The third kappa shape index (κ3) is 4.88. The number of nitrogens with zero attached hydrogens (tertiary/aromatic N) is 6. The van der Waals surface area contributed by atoms with Crippen LogP contribution in [0.1, 0.15) is 18.4 Å². The average molecular weight is 471 g/mol. The molecule has 0 bridgehead atoms. The van der Waals surface area contributed by atoms with Crippen LogP contribution in [0.5, 0.6) is 11.5 Å². The molecule has 0 N–H and O–H groups in total. The maximum atomic E-state index is 12.6. The molecule has 1 aromatic carbocycles. The summed E-state index contributed by atoms with van der Waals surface area (Å²) in [4.78, 5) is 34.0. The molecule has 2 aromatic heterocycles. The monoisotopic (exact) mass is 470 g/mol. The Morgan fingerprint density at radius 2 is 1.65 bits per heavy atom. The number of benzene rings is 1. The van der Waals surface area contributed by atoms with E-state index in [1.807, 2.05) is 10.6 Å². The molecule has 184 valence electrons. The molecule has 0 saturated carbocycles. The first-order valence-electron chi connectivity index (χ1n) is 11.7. The van der Waals surface area contributed by atoms with Crippen molar-refractivity contribution in [1.82, 2.24) is 28.5 Å². The molecule has 34 heavy (non-hydrogen) atoms. The average Bonchev–Trinajstić information content (AvgIpc) is 3.15. The van der Waals surface area contributed by atoms with Gasteiger partial charge in [0, 0.05) is 40.3 Å². The van der Waals surface area contributed by atoms with Gasteiger partial charge in [-0.2, -0.15) is 0 Å². The van der Waals surface area contributed by atoms with E-state index in [-0.39, 0.29) is 11.2 Å². The van der Waals surface area contributed by atoms with Crippen molar-refractivity contribution in [3.63, 3.8) is 0 Å². The zero-order valence-corrected chi connectivity index (χ0v) is 20.5. The zero-order valence-electron chi connectivity index (χ0n) is 20.5. The summed E-state index contributed by atoms with van der Waals surface area (Å²) < 4.78 is 15.2. The van der Waals surface area contributed by atoms with Crippen LogP contribution in [0.2, 0.25) is 0 Å². The Balaban J connectivity index is 1.32. The van der Waals surface area contributed by atoms with Crippen molar-refractivity contribution in [3.05, 3.63) is 50.9 Å². The maximum absolute atomic E-state index is 12.6. The number of aromatic nitrogens is 4. The van der Waals surface area contributed by atoms with Crippen molar-refractivity contribution in [1.29, 1.82) is 0 Å². The number of fused-ring (bicyclic) bond motifs is 1. The Morgan fingerprint density at radius 1 is 0.912 bits per heavy atom. The highest BCUT2D eigenvalue weighted by molar-refractivity contribution is 5.69. The number of hydrogen-bond donors (Lipinski definition) is 0. The number of rotatable bonds is 8. The predicted octanol–water partition coefficient (Wildman–Crippen LogP) is 1.05. The number of aryl methyl sites for hydroxylation is 2. The van der Waals surface area contributed by atoms with Gasteiger partial charge in [-0.25, -0.2) is 9.78 Å². The summed E-state index contributed by atoms with van der Waals surface area (Å²) in [6, 6.07) is 6.11. The molecule has 1 aliphatic heterocycles. The molecular formula is C24H34N6O4. The standard InChI is InChI=1S/C24H34N6O4/c1-26-22-21(23(31)27(2)24(26)32)30(17-25-22)12-6-10-28-9-5-11-29(14-13-28)16-18-7-8-19(33-3)20(15-18)34-4/h7-8,15,17H,5-6,9-14,16H2,1-4H3. The van der Waals surface area contributed by atoms with Crippen molar-refractivity contribution in [2.24, 2.45) is 14.1 Å². The topological polar surface area (TPSA) is 86.8 Å². The summed E-state index contributed by atoms with van der Waals surface area (Å²) in [6.45, 7) is 6.66. The molecule has 1 saturated heterocycles. The summed E-state index contributed by atoms with van der Waals surface area (Å²) in [5, 5.41) is 0. The van der Waals surface area contributed by atoms with E-state index >= 15 is 0 Å². The van der Waals surface area contributed by atoms with Gasteiger partial charge in [-0.05, 0) is 50.2 Å². The fraction of sp³-hybridized carbons (Fsp3) is 0.542. The third-order valence-electron chi connectivity index (χ3n) is 6.63. The first-order valence-corrected chi connectivity index (χ1v) is 11.7. The second-order valence-corrected chi connectivity index (χ2v) is 8.83. The fourth-order valence-electron chi connectivity index (χ4n) is 4.67. The molecule has 0 aliphatic carbocycles. The van der Waals surface area contributed by atoms with E-state index in [4.69, 9.17) is 9.47 Å². The number of methoxy groups -OCH3 is 2. The Hall–Kier alpha value is -3.11. The van der Waals surface area contributed by atoms with Crippen LogP contribution in [0.3, 0.4) is 0 Å². The van der Waals surface area contributed by atoms with Gasteiger partial charge in [-0.3, -0.25) is 18.8 Å². The van der Waals surface area contributed by atoms with Gasteiger partial charge < -0.3 is 18.9 Å². The first-order chi connectivity index (χ1) is 16.4. The summed E-state index contributed by atoms with van der Waals surface area (Å²) >= 11 is 0. The molecule has 4 rings (SSSR count). The van der Waals surface area contributed by atoms with Gasteiger partial charge in [0.15, 0.2) is 22.7 Å². The predicted molar refractivity (Wildman–Crippen MR) is 131 cm³/mol. The van der Waals surface area contributed by atoms with Crippen LogP contribution in [0.25, 0.3) is 11.2 Å². The van der Waals surface area contributed by atoms with Crippen LogP contribution in [-0.2, 0) is 27.2 Å². The van der Waals surface area contributed by atoms with Crippen molar-refractivity contribution in [3.8, 4) is 11.5 Å². The summed E-state index contributed by atoms with van der Waals surface area (Å²) in [7, 11) is 6.47. The second kappa shape index (κ2) is 10.4. The molecule has 3 aromatic rings. The van der Waals surface area contributed by atoms with Crippen LogP contribution >= 0.6 is 0 Å². The number of imidazole rings is 1. The fourth-order valence-corrected chi connectivity index (χ4v) is 4.67. The highest BCUT2D eigenvalue weighted by Crippen LogP contribution is 2.28. The van der Waals surface area contributed by atoms with Gasteiger partial charge in [-0.15, -0.1) is 0 Å². The molecule has 3 heterocycles. The normalized spacial score (nSPS) is 15.5. The Morgan fingerprint density at radius 3 is 2.41 bits per heavy atom. The first kappa shape index (κ1) is 24.0. The largest absolute Gasteiger partial charge is 0.493 e. The van der Waals surface area contributed by atoms with Gasteiger partial charge in [0.2, 0.25) is 0 Å². The van der Waals surface area contributed by atoms with Crippen molar-refractivity contribution in [2.75, 3.05) is 46.9 Å². The highest BCUT2D eigenvalue weighted by atomic mass is 16.5. The van der Waals surface area contributed by atoms with Crippen molar-refractivity contribution in [2.45, 2.75) is 25.9 Å². The van der Waals surface area contributed by atoms with Crippen LogP contribution < -0.4 is 20.7 Å². The lowest BCUT2D eigenvalue weighted by atomic mass is 10.2. The Labute approximate surface area is 198 Å². The molecule has 0 unspecified atom stereocenters. The van der Waals surface area contributed by atoms with Crippen LogP contribution in [0.15, 0.2) is 34.1 Å². The Kier molecular flexibility index (Phi) is 7.38. The van der Waals surface area contributed by atoms with E-state index in [1.165, 1.54) is 17.2 Å². The van der Waals surface area contributed by atoms with E-state index in [0.717, 1.165) is 68.2 Å². The molecule has 10 heteroatoms. The zero-order chi connectivity index (χ0) is 24.2. The van der Waals surface area contributed by atoms with Crippen LogP contribution in [-0.4, -0.2) is 75.4 Å². The molecule has 10 nitrogen and oxygen atoms in total. The molecule has 0 amide bonds. The minimum absolute atomic E-state index is 0.295. The van der Waals surface area contributed by atoms with E-state index in [0.29, 0.717) is 17.7 Å². The number of ether oxygens (including phenoxy) is 2. The van der Waals surface area contributed by atoms with Crippen LogP contribution in [0, 0.1) is 0 Å². The van der Waals surface area contributed by atoms with Crippen molar-refractivity contribution >= 4 is 11.2 Å². The van der Waals surface area contributed by atoms with E-state index < -0.39 is 0 Å². The van der Waals surface area contributed by atoms with E-state index in [1.54, 1.807) is 27.6 Å². The summed E-state index contributed by atoms with van der Waals surface area (Å²) in [5.41, 5.74) is 1.49. The smallest absolute Gasteiger partial charge is 0.332 e. The SMILES string of the molecule is COc1ccc(CN2CCCN(CCCn3cnc4c3c(=O)n(C)c(=O)n4C)CC2)cc1OC. The summed E-state index contributed by atoms with van der Waals surface area (Å²) in [6.07, 6.45) is 3.69.